The molecule has 0 fully saturated rings. The van der Waals surface area contributed by atoms with Crippen LogP contribution in [0.15, 0.2) is 63.3 Å². The molecule has 136 valence electrons. The first-order valence-electron chi connectivity index (χ1n) is 7.96. The minimum absolute atomic E-state index is 0.0629. The topological polar surface area (TPSA) is 80.4 Å². The zero-order valence-corrected chi connectivity index (χ0v) is 16.9. The number of carbonyl (C=O) groups is 1. The van der Waals surface area contributed by atoms with E-state index in [0.29, 0.717) is 21.7 Å². The van der Waals surface area contributed by atoms with E-state index in [1.165, 1.54) is 11.8 Å². The van der Waals surface area contributed by atoms with E-state index in [4.69, 9.17) is 16.7 Å². The van der Waals surface area contributed by atoms with Crippen LogP contribution in [0.25, 0.3) is 11.4 Å². The highest BCUT2D eigenvalue weighted by atomic mass is 79.9. The fourth-order valence-electron chi connectivity index (χ4n) is 2.72. The summed E-state index contributed by atoms with van der Waals surface area (Å²) in [6.07, 6.45) is -0.0629. The molecule has 1 N–H and O–H groups in total. The molecule has 0 saturated carbocycles. The van der Waals surface area contributed by atoms with Crippen molar-refractivity contribution in [1.82, 2.24) is 14.9 Å². The van der Waals surface area contributed by atoms with Crippen LogP contribution in [0.2, 0.25) is 5.02 Å². The molecular weight excluding hydrogens is 452 g/mol. The van der Waals surface area contributed by atoms with E-state index in [1.807, 2.05) is 36.4 Å². The van der Waals surface area contributed by atoms with Crippen LogP contribution in [0, 0.1) is 0 Å². The van der Waals surface area contributed by atoms with E-state index >= 15 is 0 Å². The molecule has 0 amide bonds. The molecule has 9 heteroatoms. The second kappa shape index (κ2) is 7.46. The van der Waals surface area contributed by atoms with Gasteiger partial charge in [-0.05, 0) is 29.8 Å². The third-order valence-corrected chi connectivity index (χ3v) is 5.90. The Labute approximate surface area is 172 Å². The van der Waals surface area contributed by atoms with Gasteiger partial charge in [0.2, 0.25) is 5.16 Å². The monoisotopic (exact) mass is 462 g/mol. The number of hydrogen-bond donors (Lipinski definition) is 1. The molecule has 6 nitrogen and oxygen atoms in total. The number of thioether (sulfide) groups is 1. The number of rotatable bonds is 4. The predicted octanol–water partition coefficient (Wildman–Crippen LogP) is 4.56. The minimum atomic E-state index is -0.893. The molecule has 2 aromatic carbocycles. The van der Waals surface area contributed by atoms with Gasteiger partial charge in [-0.15, -0.1) is 10.2 Å². The number of aliphatic carboxylic acids is 1. The standard InChI is InChI=1S/C18H12BrClN4O2S/c19-12-5-1-11(2-6-12)17-21-22-18-24(17)23-16(14(27-18)9-15(25)26)10-3-7-13(20)8-4-10/h1-8,14H,9H2,(H,25,26). The van der Waals surface area contributed by atoms with Gasteiger partial charge in [0.05, 0.1) is 17.4 Å². The van der Waals surface area contributed by atoms with E-state index in [9.17, 15) is 9.90 Å². The zero-order chi connectivity index (χ0) is 19.0. The highest BCUT2D eigenvalue weighted by molar-refractivity contribution is 9.10. The SMILES string of the molecule is O=C(O)CC1Sc2nnc(-c3ccc(Br)cc3)n2N=C1c1ccc(Cl)cc1. The highest BCUT2D eigenvalue weighted by Crippen LogP contribution is 2.35. The van der Waals surface area contributed by atoms with Crippen LogP contribution in [0.3, 0.4) is 0 Å². The molecule has 1 atom stereocenters. The molecule has 2 heterocycles. The summed E-state index contributed by atoms with van der Waals surface area (Å²) in [7, 11) is 0. The Kier molecular flexibility index (Phi) is 5.03. The summed E-state index contributed by atoms with van der Waals surface area (Å²) < 4.78 is 2.63. The Hall–Kier alpha value is -2.16. The molecule has 1 aromatic heterocycles. The molecule has 27 heavy (non-hydrogen) atoms. The first-order valence-corrected chi connectivity index (χ1v) is 10.0. The van der Waals surface area contributed by atoms with Crippen molar-refractivity contribution in [1.29, 1.82) is 0 Å². The zero-order valence-electron chi connectivity index (χ0n) is 13.7. The lowest BCUT2D eigenvalue weighted by Gasteiger charge is -2.22. The molecule has 0 aliphatic carbocycles. The fraction of sp³-hybridized carbons (Fsp3) is 0.111. The van der Waals surface area contributed by atoms with Gasteiger partial charge in [0, 0.05) is 15.1 Å². The van der Waals surface area contributed by atoms with E-state index < -0.39 is 5.97 Å². The summed E-state index contributed by atoms with van der Waals surface area (Å²) in [6.45, 7) is 0. The Morgan fingerprint density at radius 1 is 1.11 bits per heavy atom. The molecule has 0 bridgehead atoms. The Morgan fingerprint density at radius 3 is 2.44 bits per heavy atom. The van der Waals surface area contributed by atoms with Gasteiger partial charge < -0.3 is 5.11 Å². The smallest absolute Gasteiger partial charge is 0.304 e. The summed E-state index contributed by atoms with van der Waals surface area (Å²) >= 11 is 10.8. The van der Waals surface area contributed by atoms with Crippen LogP contribution in [0.1, 0.15) is 12.0 Å². The molecule has 1 unspecified atom stereocenters. The van der Waals surface area contributed by atoms with Crippen LogP contribution >= 0.6 is 39.3 Å². The van der Waals surface area contributed by atoms with Crippen molar-refractivity contribution >= 4 is 51.0 Å². The van der Waals surface area contributed by atoms with Gasteiger partial charge in [-0.3, -0.25) is 4.79 Å². The number of hydrogen-bond acceptors (Lipinski definition) is 5. The number of carboxylic acid groups (broad SMARTS) is 1. The fourth-order valence-corrected chi connectivity index (χ4v) is 4.21. The van der Waals surface area contributed by atoms with Crippen molar-refractivity contribution in [2.24, 2.45) is 5.10 Å². The first-order chi connectivity index (χ1) is 13.0. The van der Waals surface area contributed by atoms with Gasteiger partial charge in [-0.1, -0.05) is 63.6 Å². The third-order valence-electron chi connectivity index (χ3n) is 3.97. The molecule has 3 aromatic rings. The van der Waals surface area contributed by atoms with Crippen molar-refractivity contribution < 1.29 is 9.90 Å². The normalized spacial score (nSPS) is 15.9. The quantitative estimate of drug-likeness (QED) is 0.613. The number of carboxylic acids is 1. The van der Waals surface area contributed by atoms with Crippen molar-refractivity contribution in [3.05, 3.63) is 63.6 Å². The second-order valence-corrected chi connectivity index (χ2v) is 8.34. The van der Waals surface area contributed by atoms with Crippen LogP contribution in [-0.2, 0) is 4.79 Å². The second-order valence-electron chi connectivity index (χ2n) is 5.82. The maximum absolute atomic E-state index is 11.3. The lowest BCUT2D eigenvalue weighted by atomic mass is 10.1. The first kappa shape index (κ1) is 18.2. The molecule has 1 aliphatic heterocycles. The van der Waals surface area contributed by atoms with Crippen LogP contribution < -0.4 is 0 Å². The van der Waals surface area contributed by atoms with E-state index in [-0.39, 0.29) is 11.7 Å². The number of benzene rings is 2. The van der Waals surface area contributed by atoms with E-state index in [1.54, 1.807) is 16.8 Å². The van der Waals surface area contributed by atoms with Crippen molar-refractivity contribution in [2.75, 3.05) is 0 Å². The number of aromatic nitrogens is 3. The molecule has 1 aliphatic rings. The average Bonchev–Trinajstić information content (AvgIpc) is 3.05. The van der Waals surface area contributed by atoms with Gasteiger partial charge >= 0.3 is 5.97 Å². The van der Waals surface area contributed by atoms with Crippen molar-refractivity contribution in [3.63, 3.8) is 0 Å². The van der Waals surface area contributed by atoms with Crippen molar-refractivity contribution in [2.45, 2.75) is 16.8 Å². The summed E-state index contributed by atoms with van der Waals surface area (Å²) in [6, 6.07) is 14.9. The highest BCUT2D eigenvalue weighted by Gasteiger charge is 2.30. The Morgan fingerprint density at radius 2 is 1.78 bits per heavy atom. The number of nitrogens with zero attached hydrogens (tertiary/aromatic N) is 4. The van der Waals surface area contributed by atoms with E-state index in [0.717, 1.165) is 15.6 Å². The van der Waals surface area contributed by atoms with Gasteiger partial charge in [0.25, 0.3) is 0 Å². The molecule has 4 rings (SSSR count). The molecule has 0 spiro atoms. The largest absolute Gasteiger partial charge is 0.481 e. The maximum atomic E-state index is 11.3. The van der Waals surface area contributed by atoms with Gasteiger partial charge in [0.15, 0.2) is 5.82 Å². The van der Waals surface area contributed by atoms with Crippen LogP contribution in [0.4, 0.5) is 0 Å². The summed E-state index contributed by atoms with van der Waals surface area (Å²) in [5.41, 5.74) is 2.34. The summed E-state index contributed by atoms with van der Waals surface area (Å²) in [5, 5.41) is 23.3. The Balaban J connectivity index is 1.81. The van der Waals surface area contributed by atoms with Crippen LogP contribution in [0.5, 0.6) is 0 Å². The van der Waals surface area contributed by atoms with Gasteiger partial charge in [-0.2, -0.15) is 9.78 Å². The molecule has 0 saturated heterocycles. The van der Waals surface area contributed by atoms with Gasteiger partial charge in [0.1, 0.15) is 0 Å². The van der Waals surface area contributed by atoms with Gasteiger partial charge in [-0.25, -0.2) is 0 Å². The summed E-state index contributed by atoms with van der Waals surface area (Å²) in [4.78, 5) is 11.3. The van der Waals surface area contributed by atoms with Crippen LogP contribution in [-0.4, -0.2) is 36.9 Å². The predicted molar refractivity (Wildman–Crippen MR) is 108 cm³/mol. The minimum Gasteiger partial charge on any atom is -0.481 e. The Bertz CT molecular complexity index is 1030. The number of fused-ring (bicyclic) bond motifs is 1. The lowest BCUT2D eigenvalue weighted by molar-refractivity contribution is -0.136. The maximum Gasteiger partial charge on any atom is 0.304 e. The molecular formula is C18H12BrClN4O2S. The molecule has 0 radical (unpaired) electrons. The average molecular weight is 464 g/mol. The van der Waals surface area contributed by atoms with E-state index in [2.05, 4.69) is 26.1 Å². The number of halogens is 2. The summed E-state index contributed by atoms with van der Waals surface area (Å²) in [5.74, 6) is -0.291. The third kappa shape index (κ3) is 3.78. The lowest BCUT2D eigenvalue weighted by Crippen LogP contribution is -2.27. The van der Waals surface area contributed by atoms with Crippen molar-refractivity contribution in [3.8, 4) is 11.4 Å².